The second-order valence-corrected chi connectivity index (χ2v) is 6.93. The second-order valence-electron chi connectivity index (χ2n) is 6.93. The van der Waals surface area contributed by atoms with E-state index < -0.39 is 0 Å². The number of amides is 1. The lowest BCUT2D eigenvalue weighted by atomic mass is 10.1. The molecular weight excluding hydrogens is 300 g/mol. The first-order valence-electron chi connectivity index (χ1n) is 8.53. The van der Waals surface area contributed by atoms with Gasteiger partial charge in [-0.1, -0.05) is 29.8 Å². The fraction of sp³-hybridized carbons (Fsp3) is 0.474. The summed E-state index contributed by atoms with van der Waals surface area (Å²) in [4.78, 5) is 17.2. The molecule has 1 aliphatic heterocycles. The number of carbonyl (C=O) groups excluding carboxylic acids is 1. The first-order chi connectivity index (χ1) is 11.5. The molecule has 0 aliphatic carbocycles. The number of nitrogens with zero attached hydrogens (tertiary/aromatic N) is 4. The van der Waals surface area contributed by atoms with Crippen molar-refractivity contribution >= 4 is 5.91 Å². The van der Waals surface area contributed by atoms with E-state index in [-0.39, 0.29) is 11.9 Å². The first kappa shape index (κ1) is 16.7. The average Bonchev–Trinajstić information content (AvgIpc) is 2.91. The molecule has 0 radical (unpaired) electrons. The minimum absolute atomic E-state index is 0.195. The molecule has 1 aromatic heterocycles. The zero-order valence-corrected chi connectivity index (χ0v) is 14.8. The topological polar surface area (TPSA) is 41.4 Å². The maximum Gasteiger partial charge on any atom is 0.227 e. The summed E-state index contributed by atoms with van der Waals surface area (Å²) in [6.45, 7) is 4.46. The van der Waals surface area contributed by atoms with Gasteiger partial charge in [0.1, 0.15) is 0 Å². The normalized spacial score (nSPS) is 17.7. The van der Waals surface area contributed by atoms with Crippen LogP contribution < -0.4 is 0 Å². The smallest absolute Gasteiger partial charge is 0.227 e. The quantitative estimate of drug-likeness (QED) is 0.864. The van der Waals surface area contributed by atoms with E-state index in [0.717, 1.165) is 30.8 Å². The van der Waals surface area contributed by atoms with Crippen molar-refractivity contribution in [1.29, 1.82) is 0 Å². The van der Waals surface area contributed by atoms with Crippen molar-refractivity contribution in [1.82, 2.24) is 19.6 Å². The summed E-state index contributed by atoms with van der Waals surface area (Å²) in [6, 6.07) is 10.5. The van der Waals surface area contributed by atoms with Gasteiger partial charge in [-0.15, -0.1) is 0 Å². The van der Waals surface area contributed by atoms with Crippen LogP contribution in [0.2, 0.25) is 0 Å². The Balaban J connectivity index is 1.79. The summed E-state index contributed by atoms with van der Waals surface area (Å²) in [5, 5.41) is 4.38. The minimum atomic E-state index is 0.195. The Kier molecular flexibility index (Phi) is 5.00. The van der Waals surface area contributed by atoms with Crippen molar-refractivity contribution in [3.8, 4) is 0 Å². The molecule has 0 N–H and O–H groups in total. The van der Waals surface area contributed by atoms with Crippen molar-refractivity contribution < 1.29 is 4.79 Å². The predicted octanol–water partition coefficient (Wildman–Crippen LogP) is 2.10. The van der Waals surface area contributed by atoms with Gasteiger partial charge < -0.3 is 9.80 Å². The Morgan fingerprint density at radius 2 is 2.00 bits per heavy atom. The van der Waals surface area contributed by atoms with Crippen LogP contribution in [0, 0.1) is 6.92 Å². The van der Waals surface area contributed by atoms with E-state index in [2.05, 4.69) is 55.3 Å². The van der Waals surface area contributed by atoms with Crippen LogP contribution in [0.5, 0.6) is 0 Å². The molecule has 2 aromatic rings. The van der Waals surface area contributed by atoms with Crippen LogP contribution in [-0.4, -0.2) is 52.2 Å². The van der Waals surface area contributed by atoms with Gasteiger partial charge in [0.05, 0.1) is 18.7 Å². The van der Waals surface area contributed by atoms with Crippen molar-refractivity contribution in [3.63, 3.8) is 0 Å². The van der Waals surface area contributed by atoms with Gasteiger partial charge in [-0.2, -0.15) is 5.10 Å². The Morgan fingerprint density at radius 1 is 1.25 bits per heavy atom. The summed E-state index contributed by atoms with van der Waals surface area (Å²) < 4.78 is 2.03. The molecule has 0 spiro atoms. The van der Waals surface area contributed by atoms with Gasteiger partial charge in [-0.05, 0) is 39.1 Å². The van der Waals surface area contributed by atoms with Crippen LogP contribution in [0.1, 0.15) is 23.2 Å². The van der Waals surface area contributed by atoms with Crippen LogP contribution in [-0.2, 0) is 24.3 Å². The molecule has 1 aromatic carbocycles. The van der Waals surface area contributed by atoms with Gasteiger partial charge in [0.15, 0.2) is 0 Å². The third-order valence-corrected chi connectivity index (χ3v) is 4.62. The maximum absolute atomic E-state index is 13.0. The highest BCUT2D eigenvalue weighted by Crippen LogP contribution is 2.19. The molecule has 24 heavy (non-hydrogen) atoms. The van der Waals surface area contributed by atoms with E-state index in [1.165, 1.54) is 5.56 Å². The number of fused-ring (bicyclic) bond motifs is 1. The zero-order valence-electron chi connectivity index (χ0n) is 14.8. The molecule has 5 nitrogen and oxygen atoms in total. The summed E-state index contributed by atoms with van der Waals surface area (Å²) in [6.07, 6.45) is 3.22. The molecule has 1 amide bonds. The van der Waals surface area contributed by atoms with Gasteiger partial charge in [-0.25, -0.2) is 0 Å². The molecule has 2 heterocycles. The lowest BCUT2D eigenvalue weighted by Gasteiger charge is -2.32. The van der Waals surface area contributed by atoms with Crippen molar-refractivity contribution in [2.45, 2.75) is 38.9 Å². The lowest BCUT2D eigenvalue weighted by molar-refractivity contribution is -0.133. The molecular formula is C19H26N4O. The SMILES string of the molecule is Cc1ccc(CC(=O)N2Cc3ccnn3CCC2CN(C)C)cc1. The summed E-state index contributed by atoms with van der Waals surface area (Å²) in [5.41, 5.74) is 3.41. The lowest BCUT2D eigenvalue weighted by Crippen LogP contribution is -2.45. The van der Waals surface area contributed by atoms with Crippen LogP contribution in [0.25, 0.3) is 0 Å². The van der Waals surface area contributed by atoms with E-state index in [0.29, 0.717) is 13.0 Å². The standard InChI is InChI=1S/C19H26N4O/c1-15-4-6-16(7-5-15)12-19(24)22-14-18-8-10-20-23(18)11-9-17(22)13-21(2)3/h4-8,10,17H,9,11-14H2,1-3H3. The number of aromatic nitrogens is 2. The number of rotatable bonds is 4. The van der Waals surface area contributed by atoms with Crippen molar-refractivity contribution in [3.05, 3.63) is 53.3 Å². The van der Waals surface area contributed by atoms with E-state index in [1.807, 2.05) is 21.8 Å². The number of hydrogen-bond acceptors (Lipinski definition) is 3. The molecule has 0 bridgehead atoms. The van der Waals surface area contributed by atoms with E-state index in [1.54, 1.807) is 0 Å². The van der Waals surface area contributed by atoms with Gasteiger partial charge in [0.25, 0.3) is 0 Å². The van der Waals surface area contributed by atoms with Crippen LogP contribution in [0.4, 0.5) is 0 Å². The number of hydrogen-bond donors (Lipinski definition) is 0. The molecule has 3 rings (SSSR count). The molecule has 0 fully saturated rings. The Bertz CT molecular complexity index is 690. The van der Waals surface area contributed by atoms with Gasteiger partial charge >= 0.3 is 0 Å². The maximum atomic E-state index is 13.0. The summed E-state index contributed by atoms with van der Waals surface area (Å²) in [5.74, 6) is 0.195. The van der Waals surface area contributed by atoms with E-state index >= 15 is 0 Å². The first-order valence-corrected chi connectivity index (χ1v) is 8.53. The fourth-order valence-corrected chi connectivity index (χ4v) is 3.31. The third-order valence-electron chi connectivity index (χ3n) is 4.62. The minimum Gasteiger partial charge on any atom is -0.332 e. The zero-order chi connectivity index (χ0) is 17.1. The molecule has 0 saturated carbocycles. The van der Waals surface area contributed by atoms with Gasteiger partial charge in [0.2, 0.25) is 5.91 Å². The highest BCUT2D eigenvalue weighted by molar-refractivity contribution is 5.79. The van der Waals surface area contributed by atoms with Crippen LogP contribution in [0.3, 0.4) is 0 Å². The third kappa shape index (κ3) is 3.85. The average molecular weight is 326 g/mol. The van der Waals surface area contributed by atoms with Gasteiger partial charge in [0, 0.05) is 25.3 Å². The number of carbonyl (C=O) groups is 1. The largest absolute Gasteiger partial charge is 0.332 e. The predicted molar refractivity (Wildman–Crippen MR) is 94.6 cm³/mol. The molecule has 1 aliphatic rings. The molecule has 128 valence electrons. The van der Waals surface area contributed by atoms with E-state index in [4.69, 9.17) is 0 Å². The highest BCUT2D eigenvalue weighted by atomic mass is 16.2. The number of benzene rings is 1. The number of likely N-dealkylation sites (N-methyl/N-ethyl adjacent to an activating group) is 1. The van der Waals surface area contributed by atoms with Crippen molar-refractivity contribution in [2.75, 3.05) is 20.6 Å². The number of aryl methyl sites for hydroxylation is 2. The fourth-order valence-electron chi connectivity index (χ4n) is 3.31. The summed E-state index contributed by atoms with van der Waals surface area (Å²) >= 11 is 0. The molecule has 5 heteroatoms. The van der Waals surface area contributed by atoms with Crippen LogP contribution in [0.15, 0.2) is 36.5 Å². The Labute approximate surface area is 143 Å². The van der Waals surface area contributed by atoms with Gasteiger partial charge in [-0.3, -0.25) is 9.48 Å². The monoisotopic (exact) mass is 326 g/mol. The Hall–Kier alpha value is -2.14. The summed E-state index contributed by atoms with van der Waals surface area (Å²) in [7, 11) is 4.12. The van der Waals surface area contributed by atoms with Crippen LogP contribution >= 0.6 is 0 Å². The van der Waals surface area contributed by atoms with E-state index in [9.17, 15) is 4.79 Å². The molecule has 1 unspecified atom stereocenters. The highest BCUT2D eigenvalue weighted by Gasteiger charge is 2.28. The molecule has 1 atom stereocenters. The van der Waals surface area contributed by atoms with Crippen molar-refractivity contribution in [2.24, 2.45) is 0 Å². The second kappa shape index (κ2) is 7.18. The Morgan fingerprint density at radius 3 is 2.71 bits per heavy atom. The molecule has 0 saturated heterocycles.